The van der Waals surface area contributed by atoms with Gasteiger partial charge in [-0.3, -0.25) is 19.1 Å². The van der Waals surface area contributed by atoms with Crippen molar-refractivity contribution in [2.75, 3.05) is 13.2 Å². The number of alkyl halides is 7. The Balaban J connectivity index is 1.31. The highest BCUT2D eigenvalue weighted by atomic mass is 32.2. The first-order chi connectivity index (χ1) is 29.2. The highest BCUT2D eigenvalue weighted by molar-refractivity contribution is 7.91. The molecule has 5 aliphatic rings. The van der Waals surface area contributed by atoms with Crippen molar-refractivity contribution >= 4 is 44.9 Å². The minimum Gasteiger partial charge on any atom is -0.468 e. The number of allylic oxidation sites excluding steroid dienone is 1. The molecule has 3 N–H and O–H groups in total. The van der Waals surface area contributed by atoms with Crippen molar-refractivity contribution in [1.29, 1.82) is 0 Å². The Morgan fingerprint density at radius 1 is 1.02 bits per heavy atom. The molecule has 0 unspecified atom stereocenters. The smallest absolute Gasteiger partial charge is 0.468 e. The lowest BCUT2D eigenvalue weighted by Crippen LogP contribution is -2.60. The van der Waals surface area contributed by atoms with Gasteiger partial charge in [0.05, 0.1) is 41.5 Å². The molecule has 1 aromatic carbocycles. The summed E-state index contributed by atoms with van der Waals surface area (Å²) >= 11 is 0. The number of alkyl carbamates (subject to hydrolysis) is 1. The standard InChI is InChI=1S/C39H45F7N6O10S/c1-35(2,3)28-32(54)52-18-36(4,17-24(52)30(53)50-37(16-21(37)29(40)41)33(55)51-63(57,58)20-10-11-20)62-31-27(47-23-15-19(61-39(44,45)46)9-12-22(23)48-31)38(42,43)13-6-14-59-25-7-5-8-26(25)60-34(56)49-28/h6,9,12-13,15,20-21,24-26,28-29H,5,7-8,10-11,14,16-18H2,1-4H3,(H,49,56)(H,50,53)(H,51,55)/b13-6+/t21-,24-,25+,26+,28+,36+,37+/m0/s1. The second-order valence-corrected chi connectivity index (χ2v) is 19.8. The van der Waals surface area contributed by atoms with E-state index in [0.717, 1.165) is 29.2 Å². The van der Waals surface area contributed by atoms with Gasteiger partial charge in [-0.1, -0.05) is 26.8 Å². The minimum atomic E-state index is -5.14. The fourth-order valence-electron chi connectivity index (χ4n) is 8.15. The van der Waals surface area contributed by atoms with Crippen LogP contribution < -0.4 is 24.8 Å². The summed E-state index contributed by atoms with van der Waals surface area (Å²) in [6.07, 6.45) is -9.25. The summed E-state index contributed by atoms with van der Waals surface area (Å²) < 4.78 is 149. The number of benzene rings is 1. The Hall–Kier alpha value is -5.00. The molecule has 2 bridgehead atoms. The summed E-state index contributed by atoms with van der Waals surface area (Å²) in [5.41, 5.74) is -7.34. The number of sulfonamides is 1. The molecule has 3 heterocycles. The normalized spacial score (nSPS) is 30.8. The number of carbonyl (C=O) groups is 4. The fourth-order valence-corrected chi connectivity index (χ4v) is 9.51. The van der Waals surface area contributed by atoms with Crippen molar-refractivity contribution < 1.29 is 77.3 Å². The summed E-state index contributed by atoms with van der Waals surface area (Å²) in [5.74, 6) is -11.2. The molecule has 7 rings (SSSR count). The average Bonchev–Trinajstić information content (AvgIpc) is 4.07. The first-order valence-electron chi connectivity index (χ1n) is 20.1. The highest BCUT2D eigenvalue weighted by Gasteiger charge is 2.67. The first kappa shape index (κ1) is 46.0. The van der Waals surface area contributed by atoms with Crippen LogP contribution in [0.15, 0.2) is 30.4 Å². The van der Waals surface area contributed by atoms with Crippen LogP contribution in [0.3, 0.4) is 0 Å². The molecule has 1 aromatic heterocycles. The molecule has 63 heavy (non-hydrogen) atoms. The zero-order valence-corrected chi connectivity index (χ0v) is 35.1. The van der Waals surface area contributed by atoms with Crippen LogP contribution in [0.4, 0.5) is 35.5 Å². The molecule has 3 saturated carbocycles. The van der Waals surface area contributed by atoms with Gasteiger partial charge in [-0.15, -0.1) is 13.2 Å². The maximum Gasteiger partial charge on any atom is 0.573 e. The molecule has 7 atom stereocenters. The quantitative estimate of drug-likeness (QED) is 0.254. The first-order valence-corrected chi connectivity index (χ1v) is 21.6. The van der Waals surface area contributed by atoms with Crippen molar-refractivity contribution in [1.82, 2.24) is 30.2 Å². The van der Waals surface area contributed by atoms with Gasteiger partial charge in [-0.25, -0.2) is 32.0 Å². The van der Waals surface area contributed by atoms with E-state index in [1.165, 1.54) is 6.92 Å². The van der Waals surface area contributed by atoms with Crippen LogP contribution in [0.5, 0.6) is 11.6 Å². The molecule has 0 radical (unpaired) electrons. The van der Waals surface area contributed by atoms with Gasteiger partial charge in [0.2, 0.25) is 34.1 Å². The number of amides is 4. The van der Waals surface area contributed by atoms with Gasteiger partial charge >= 0.3 is 18.4 Å². The third-order valence-electron chi connectivity index (χ3n) is 11.6. The topological polar surface area (TPSA) is 204 Å². The molecular weight excluding hydrogens is 878 g/mol. The Labute approximate surface area is 356 Å². The lowest BCUT2D eigenvalue weighted by molar-refractivity contribution is -0.274. The fraction of sp³-hybridized carbons (Fsp3) is 0.641. The van der Waals surface area contributed by atoms with Crippen LogP contribution in [-0.4, -0.2) is 114 Å². The zero-order valence-electron chi connectivity index (χ0n) is 34.3. The van der Waals surface area contributed by atoms with Gasteiger partial charge in [0, 0.05) is 12.5 Å². The SMILES string of the molecule is CC(C)(C)[C@@H]1NC(=O)O[C@@H]2CCC[C@H]2OC/C=C/C(F)(F)c2nc3cc(OC(F)(F)F)ccc3nc2O[C@]2(C)C[C@@H](C(=O)N[C@]3(C(=O)NS(=O)(=O)C4CC4)C[C@H]3C(F)F)N(C2)C1=O. The van der Waals surface area contributed by atoms with Gasteiger partial charge in [0.25, 0.3) is 5.91 Å². The molecule has 1 saturated heterocycles. The van der Waals surface area contributed by atoms with Crippen LogP contribution in [0, 0.1) is 11.3 Å². The molecule has 2 aliphatic heterocycles. The van der Waals surface area contributed by atoms with E-state index in [9.17, 15) is 49.5 Å². The molecule has 24 heteroatoms. The minimum absolute atomic E-state index is 0.225. The predicted octanol–water partition coefficient (Wildman–Crippen LogP) is 4.76. The van der Waals surface area contributed by atoms with Crippen LogP contribution >= 0.6 is 0 Å². The van der Waals surface area contributed by atoms with E-state index in [1.54, 1.807) is 25.5 Å². The van der Waals surface area contributed by atoms with E-state index in [0.29, 0.717) is 25.3 Å². The number of carbonyl (C=O) groups excluding carboxylic acids is 4. The monoisotopic (exact) mass is 922 g/mol. The number of nitrogens with zero attached hydrogens (tertiary/aromatic N) is 3. The molecule has 4 fully saturated rings. The van der Waals surface area contributed by atoms with Gasteiger partial charge in [0.1, 0.15) is 35.1 Å². The second kappa shape index (κ2) is 16.2. The van der Waals surface area contributed by atoms with Crippen molar-refractivity contribution in [3.05, 3.63) is 36.0 Å². The summed E-state index contributed by atoms with van der Waals surface area (Å²) in [6.45, 7) is 5.01. The largest absolute Gasteiger partial charge is 0.573 e. The molecule has 0 spiro atoms. The number of halogens is 7. The maximum atomic E-state index is 16.3. The Morgan fingerprint density at radius 2 is 1.71 bits per heavy atom. The lowest BCUT2D eigenvalue weighted by atomic mass is 9.85. The van der Waals surface area contributed by atoms with E-state index >= 15 is 8.78 Å². The number of hydrogen-bond acceptors (Lipinski definition) is 12. The number of nitrogens with one attached hydrogen (secondary N) is 3. The summed E-state index contributed by atoms with van der Waals surface area (Å²) in [6, 6.07) is -0.630. The zero-order chi connectivity index (χ0) is 46.1. The number of rotatable bonds is 7. The molecule has 4 amide bonds. The van der Waals surface area contributed by atoms with Crippen LogP contribution in [0.25, 0.3) is 11.0 Å². The molecular formula is C39H45F7N6O10S. The van der Waals surface area contributed by atoms with Gasteiger partial charge in [-0.05, 0) is 69.1 Å². The van der Waals surface area contributed by atoms with Gasteiger partial charge < -0.3 is 34.5 Å². The lowest BCUT2D eigenvalue weighted by Gasteiger charge is -2.36. The van der Waals surface area contributed by atoms with E-state index in [1.807, 2.05) is 0 Å². The third kappa shape index (κ3) is 9.90. The Morgan fingerprint density at radius 3 is 2.35 bits per heavy atom. The average molecular weight is 923 g/mol. The van der Waals surface area contributed by atoms with Crippen molar-refractivity contribution in [3.63, 3.8) is 0 Å². The van der Waals surface area contributed by atoms with Gasteiger partial charge in [-0.2, -0.15) is 8.78 Å². The maximum absolute atomic E-state index is 16.3. The summed E-state index contributed by atoms with van der Waals surface area (Å²) in [5, 5.41) is 3.89. The molecule has 3 aliphatic carbocycles. The highest BCUT2D eigenvalue weighted by Crippen LogP contribution is 2.49. The van der Waals surface area contributed by atoms with E-state index in [-0.39, 0.29) is 18.4 Å². The molecule has 16 nitrogen and oxygen atoms in total. The van der Waals surface area contributed by atoms with E-state index < -0.39 is 153 Å². The van der Waals surface area contributed by atoms with E-state index in [2.05, 4.69) is 25.3 Å². The number of fused-ring (bicyclic) bond motifs is 5. The Kier molecular flexibility index (Phi) is 11.8. The number of hydrogen-bond donors (Lipinski definition) is 3. The van der Waals surface area contributed by atoms with Gasteiger partial charge in [0.15, 0.2) is 5.69 Å². The van der Waals surface area contributed by atoms with E-state index in [4.69, 9.17) is 14.2 Å². The van der Waals surface area contributed by atoms with Crippen molar-refractivity contribution in [2.24, 2.45) is 11.3 Å². The van der Waals surface area contributed by atoms with Crippen molar-refractivity contribution in [3.8, 4) is 11.6 Å². The molecule has 346 valence electrons. The van der Waals surface area contributed by atoms with Crippen LogP contribution in [0.1, 0.15) is 78.3 Å². The third-order valence-corrected chi connectivity index (χ3v) is 13.4. The van der Waals surface area contributed by atoms with Crippen LogP contribution in [-0.2, 0) is 39.8 Å². The summed E-state index contributed by atoms with van der Waals surface area (Å²) in [4.78, 5) is 65.1. The summed E-state index contributed by atoms with van der Waals surface area (Å²) in [7, 11) is -4.28. The van der Waals surface area contributed by atoms with Crippen molar-refractivity contribution in [2.45, 2.75) is 132 Å². The number of ether oxygens (including phenoxy) is 4. The van der Waals surface area contributed by atoms with Crippen LogP contribution in [0.2, 0.25) is 0 Å². The Bertz CT molecular complexity index is 2310. The molecule has 2 aromatic rings. The predicted molar refractivity (Wildman–Crippen MR) is 204 cm³/mol. The second-order valence-electron chi connectivity index (χ2n) is 17.8. The number of aromatic nitrogens is 2.